The van der Waals surface area contributed by atoms with E-state index in [4.69, 9.17) is 9.47 Å². The third-order valence-electron chi connectivity index (χ3n) is 6.51. The molecule has 1 aliphatic heterocycles. The summed E-state index contributed by atoms with van der Waals surface area (Å²) in [5.74, 6) is 1.13. The van der Waals surface area contributed by atoms with Crippen LogP contribution >= 0.6 is 11.8 Å². The SMILES string of the molecule is CCOC(=O)[C@H](CSCc1ccc(OC)cc1)NC(=O)Cn1cc(CN2CCCNCCNCCCNCC2)nn1.[Zn]. The minimum absolute atomic E-state index is 0. The number of hydrogen-bond donors (Lipinski definition) is 4. The summed E-state index contributed by atoms with van der Waals surface area (Å²) in [6, 6.07) is 7.03. The Morgan fingerprint density at radius 3 is 2.45 bits per heavy atom. The van der Waals surface area contributed by atoms with Crippen molar-refractivity contribution in [2.24, 2.45) is 0 Å². The minimum Gasteiger partial charge on any atom is -0.497 e. The molecule has 1 amide bonds. The number of benzene rings is 1. The average molecular weight is 656 g/mol. The summed E-state index contributed by atoms with van der Waals surface area (Å²) in [7, 11) is 1.63. The van der Waals surface area contributed by atoms with E-state index in [1.165, 1.54) is 4.68 Å². The van der Waals surface area contributed by atoms with Gasteiger partial charge in [0.05, 0.1) is 25.6 Å². The van der Waals surface area contributed by atoms with Crippen LogP contribution in [-0.4, -0.2) is 110 Å². The maximum atomic E-state index is 12.8. The molecule has 1 aromatic carbocycles. The summed E-state index contributed by atoms with van der Waals surface area (Å²) in [5.41, 5.74) is 1.92. The number of carbonyl (C=O) groups is 2. The zero-order valence-corrected chi connectivity index (χ0v) is 28.9. The number of esters is 1. The predicted molar refractivity (Wildman–Crippen MR) is 161 cm³/mol. The van der Waals surface area contributed by atoms with Crippen molar-refractivity contribution in [3.8, 4) is 5.75 Å². The van der Waals surface area contributed by atoms with Crippen molar-refractivity contribution in [3.05, 3.63) is 41.7 Å². The largest absolute Gasteiger partial charge is 0.497 e. The summed E-state index contributed by atoms with van der Waals surface area (Å²) in [4.78, 5) is 27.7. The molecule has 2 aromatic rings. The minimum atomic E-state index is -0.749. The van der Waals surface area contributed by atoms with Gasteiger partial charge < -0.3 is 30.7 Å². The molecule has 0 radical (unpaired) electrons. The van der Waals surface area contributed by atoms with Gasteiger partial charge in [-0.3, -0.25) is 9.69 Å². The molecule has 1 saturated heterocycles. The van der Waals surface area contributed by atoms with Crippen LogP contribution in [0.15, 0.2) is 30.5 Å². The van der Waals surface area contributed by atoms with Crippen molar-refractivity contribution in [1.82, 2.24) is 41.2 Å². The van der Waals surface area contributed by atoms with Crippen LogP contribution in [0.3, 0.4) is 0 Å². The Morgan fingerprint density at radius 2 is 1.74 bits per heavy atom. The van der Waals surface area contributed by atoms with Crippen LogP contribution in [-0.2, 0) is 52.6 Å². The second-order valence-electron chi connectivity index (χ2n) is 9.88. The number of nitrogens with zero attached hydrogens (tertiary/aromatic N) is 4. The molecule has 42 heavy (non-hydrogen) atoms. The van der Waals surface area contributed by atoms with E-state index in [1.54, 1.807) is 32.0 Å². The quantitative estimate of drug-likeness (QED) is 0.190. The predicted octanol–water partition coefficient (Wildman–Crippen LogP) is 0.630. The van der Waals surface area contributed by atoms with E-state index in [2.05, 4.69) is 36.5 Å². The molecule has 0 spiro atoms. The molecule has 0 bridgehead atoms. The number of ether oxygens (including phenoxy) is 2. The molecule has 14 heteroatoms. The maximum Gasteiger partial charge on any atom is 0.329 e. The summed E-state index contributed by atoms with van der Waals surface area (Å²) in [6.07, 6.45) is 3.96. The van der Waals surface area contributed by atoms with Crippen LogP contribution in [0.2, 0.25) is 0 Å². The zero-order chi connectivity index (χ0) is 29.1. The Balaban J connectivity index is 0.00000616. The van der Waals surface area contributed by atoms with Crippen molar-refractivity contribution in [2.75, 3.05) is 71.8 Å². The molecule has 0 unspecified atom stereocenters. The molecule has 3 rings (SSSR count). The van der Waals surface area contributed by atoms with Gasteiger partial charge in [0.2, 0.25) is 5.91 Å². The van der Waals surface area contributed by atoms with Crippen LogP contribution in [0.25, 0.3) is 0 Å². The van der Waals surface area contributed by atoms with E-state index < -0.39 is 12.0 Å². The van der Waals surface area contributed by atoms with Crippen LogP contribution in [0.1, 0.15) is 31.0 Å². The Kier molecular flexibility index (Phi) is 18.6. The molecule has 1 fully saturated rings. The first-order valence-corrected chi connectivity index (χ1v) is 15.6. The van der Waals surface area contributed by atoms with Gasteiger partial charge in [-0.1, -0.05) is 17.3 Å². The van der Waals surface area contributed by atoms with Crippen molar-refractivity contribution in [3.63, 3.8) is 0 Å². The third kappa shape index (κ3) is 14.4. The number of thioether (sulfide) groups is 1. The fourth-order valence-corrected chi connectivity index (χ4v) is 5.36. The molecular formula is C28H46N8O4SZn. The van der Waals surface area contributed by atoms with Gasteiger partial charge in [-0.25, -0.2) is 9.48 Å². The number of carbonyl (C=O) groups excluding carboxylic acids is 2. The molecule has 12 nitrogen and oxygen atoms in total. The molecule has 0 aliphatic carbocycles. The number of aromatic nitrogens is 3. The van der Waals surface area contributed by atoms with Crippen LogP contribution in [0.5, 0.6) is 5.75 Å². The molecule has 1 aromatic heterocycles. The monoisotopic (exact) mass is 654 g/mol. The number of hydrogen-bond acceptors (Lipinski definition) is 11. The van der Waals surface area contributed by atoms with Gasteiger partial charge in [-0.05, 0) is 63.6 Å². The van der Waals surface area contributed by atoms with E-state index in [0.29, 0.717) is 18.1 Å². The van der Waals surface area contributed by atoms with Crippen LogP contribution < -0.4 is 26.0 Å². The first kappa shape index (κ1) is 36.1. The average Bonchev–Trinajstić information content (AvgIpc) is 3.41. The number of rotatable bonds is 12. The molecule has 230 valence electrons. The smallest absolute Gasteiger partial charge is 0.329 e. The second kappa shape index (κ2) is 21.6. The molecule has 1 aliphatic rings. The number of amides is 1. The van der Waals surface area contributed by atoms with Gasteiger partial charge >= 0.3 is 5.97 Å². The van der Waals surface area contributed by atoms with Crippen LogP contribution in [0.4, 0.5) is 0 Å². The van der Waals surface area contributed by atoms with Crippen molar-refractivity contribution in [2.45, 2.75) is 44.6 Å². The Morgan fingerprint density at radius 1 is 1.02 bits per heavy atom. The van der Waals surface area contributed by atoms with E-state index in [9.17, 15) is 9.59 Å². The van der Waals surface area contributed by atoms with Crippen molar-refractivity contribution < 1.29 is 38.5 Å². The first-order chi connectivity index (χ1) is 20.1. The summed E-state index contributed by atoms with van der Waals surface area (Å²) >= 11 is 1.56. The first-order valence-electron chi connectivity index (χ1n) is 14.5. The standard InChI is InChI=1S/C28H46N8O4S.Zn/c1-3-40-28(38)26(22-41-21-23-6-8-25(39-2)9-7-23)32-27(37)20-36-19-24(33-34-36)18-35-16-5-12-30-14-13-29-10-4-11-31-15-17-35;/h6-9,19,26,29-31H,3-5,10-18,20-22H2,1-2H3,(H,32,37);/t26-;/m0./s1. The van der Waals surface area contributed by atoms with E-state index >= 15 is 0 Å². The van der Waals surface area contributed by atoms with Crippen molar-refractivity contribution >= 4 is 23.6 Å². The number of nitrogens with one attached hydrogen (secondary N) is 4. The van der Waals surface area contributed by atoms with Gasteiger partial charge in [-0.2, -0.15) is 11.8 Å². The molecule has 1 atom stereocenters. The van der Waals surface area contributed by atoms with E-state index in [-0.39, 0.29) is 38.5 Å². The molecule has 4 N–H and O–H groups in total. The van der Waals surface area contributed by atoms with E-state index in [0.717, 1.165) is 82.2 Å². The fourth-order valence-electron chi connectivity index (χ4n) is 4.36. The third-order valence-corrected chi connectivity index (χ3v) is 7.62. The fraction of sp³-hybridized carbons (Fsp3) is 0.643. The van der Waals surface area contributed by atoms with Gasteiger partial charge in [0.1, 0.15) is 18.3 Å². The normalized spacial score (nSPS) is 16.4. The molecular weight excluding hydrogens is 610 g/mol. The Bertz CT molecular complexity index is 1020. The van der Waals surface area contributed by atoms with Crippen molar-refractivity contribution in [1.29, 1.82) is 0 Å². The van der Waals surface area contributed by atoms with Gasteiger partial charge in [0, 0.05) is 63.7 Å². The maximum absolute atomic E-state index is 12.8. The zero-order valence-electron chi connectivity index (χ0n) is 25.1. The second-order valence-corrected chi connectivity index (χ2v) is 10.9. The Hall–Kier alpha value is -2.09. The molecule has 2 heterocycles. The summed E-state index contributed by atoms with van der Waals surface area (Å²) in [6.45, 7) is 10.4. The summed E-state index contributed by atoms with van der Waals surface area (Å²) < 4.78 is 11.9. The van der Waals surface area contributed by atoms with Gasteiger partial charge in [-0.15, -0.1) is 5.10 Å². The van der Waals surface area contributed by atoms with Gasteiger partial charge in [0.25, 0.3) is 0 Å². The van der Waals surface area contributed by atoms with Crippen LogP contribution in [0, 0.1) is 0 Å². The topological polar surface area (TPSA) is 135 Å². The number of methoxy groups -OCH3 is 1. The molecule has 0 saturated carbocycles. The summed E-state index contributed by atoms with van der Waals surface area (Å²) in [5, 5.41) is 21.7. The van der Waals surface area contributed by atoms with E-state index in [1.807, 2.05) is 24.3 Å². The van der Waals surface area contributed by atoms with Gasteiger partial charge in [0.15, 0.2) is 0 Å². The Labute approximate surface area is 266 Å².